The number of para-hydroxylation sites is 1. The number of anilines is 1. The third-order valence-corrected chi connectivity index (χ3v) is 5.20. The van der Waals surface area contributed by atoms with Crippen LogP contribution in [0.15, 0.2) is 30.3 Å². The predicted molar refractivity (Wildman–Crippen MR) is 90.3 cm³/mol. The number of nitriles is 1. The summed E-state index contributed by atoms with van der Waals surface area (Å²) in [5.74, 6) is 0. The molecule has 118 valence electrons. The number of pyridine rings is 1. The zero-order valence-corrected chi connectivity index (χ0v) is 13.2. The molecule has 0 bridgehead atoms. The van der Waals surface area contributed by atoms with Crippen LogP contribution >= 0.6 is 0 Å². The van der Waals surface area contributed by atoms with Gasteiger partial charge in [-0.15, -0.1) is 0 Å². The van der Waals surface area contributed by atoms with Crippen LogP contribution in [0.1, 0.15) is 44.2 Å². The summed E-state index contributed by atoms with van der Waals surface area (Å²) in [6.07, 6.45) is 7.01. The van der Waals surface area contributed by atoms with E-state index in [-0.39, 0.29) is 5.60 Å². The van der Waals surface area contributed by atoms with E-state index in [4.69, 9.17) is 4.74 Å². The van der Waals surface area contributed by atoms with Crippen LogP contribution in [0.3, 0.4) is 0 Å². The van der Waals surface area contributed by atoms with Gasteiger partial charge in [-0.2, -0.15) is 5.26 Å². The van der Waals surface area contributed by atoms with E-state index < -0.39 is 0 Å². The molecule has 1 saturated carbocycles. The number of hydrogen-bond donors (Lipinski definition) is 1. The lowest BCUT2D eigenvalue weighted by atomic mass is 9.88. The molecule has 1 unspecified atom stereocenters. The van der Waals surface area contributed by atoms with Crippen molar-refractivity contribution in [3.8, 4) is 6.07 Å². The fourth-order valence-electron chi connectivity index (χ4n) is 4.09. The second-order valence-corrected chi connectivity index (χ2v) is 6.76. The average Bonchev–Trinajstić information content (AvgIpc) is 3.02. The van der Waals surface area contributed by atoms with Crippen LogP contribution in [0.2, 0.25) is 0 Å². The zero-order valence-electron chi connectivity index (χ0n) is 13.2. The smallest absolute Gasteiger partial charge is 0.143 e. The zero-order chi connectivity index (χ0) is 15.7. The molecule has 4 rings (SSSR count). The van der Waals surface area contributed by atoms with Crippen molar-refractivity contribution in [2.75, 3.05) is 11.9 Å². The number of hydrogen-bond acceptors (Lipinski definition) is 4. The van der Waals surface area contributed by atoms with Gasteiger partial charge in [0, 0.05) is 23.7 Å². The average molecular weight is 307 g/mol. The van der Waals surface area contributed by atoms with Crippen molar-refractivity contribution < 1.29 is 4.74 Å². The van der Waals surface area contributed by atoms with Crippen LogP contribution in [0, 0.1) is 11.3 Å². The normalized spacial score (nSPS) is 23.0. The van der Waals surface area contributed by atoms with Gasteiger partial charge < -0.3 is 10.1 Å². The molecule has 1 spiro atoms. The van der Waals surface area contributed by atoms with Crippen molar-refractivity contribution >= 4 is 16.6 Å². The Bertz CT molecular complexity index is 759. The molecule has 0 radical (unpaired) electrons. The Morgan fingerprint density at radius 3 is 2.91 bits per heavy atom. The van der Waals surface area contributed by atoms with Crippen LogP contribution in [0.25, 0.3) is 10.9 Å². The van der Waals surface area contributed by atoms with Crippen LogP contribution in [-0.2, 0) is 4.74 Å². The SMILES string of the molecule is N#Cc1cc(NC2CCOC3(CCCC3)C2)c2ccccc2n1. The molecule has 2 aliphatic rings. The Balaban J connectivity index is 1.63. The Morgan fingerprint density at radius 1 is 1.26 bits per heavy atom. The predicted octanol–water partition coefficient (Wildman–Crippen LogP) is 4.01. The molecule has 2 aromatic rings. The Hall–Kier alpha value is -2.12. The van der Waals surface area contributed by atoms with Crippen LogP contribution in [0.5, 0.6) is 0 Å². The van der Waals surface area contributed by atoms with E-state index in [9.17, 15) is 5.26 Å². The molecule has 2 heterocycles. The molecule has 4 heteroatoms. The molecule has 1 aliphatic heterocycles. The van der Waals surface area contributed by atoms with E-state index in [2.05, 4.69) is 22.4 Å². The summed E-state index contributed by atoms with van der Waals surface area (Å²) in [6.45, 7) is 0.825. The van der Waals surface area contributed by atoms with E-state index in [0.29, 0.717) is 11.7 Å². The Kier molecular flexibility index (Phi) is 3.66. The quantitative estimate of drug-likeness (QED) is 0.910. The van der Waals surface area contributed by atoms with E-state index in [1.54, 1.807) is 0 Å². The van der Waals surface area contributed by atoms with E-state index >= 15 is 0 Å². The summed E-state index contributed by atoms with van der Waals surface area (Å²) in [7, 11) is 0. The number of nitrogens with zero attached hydrogens (tertiary/aromatic N) is 2. The third kappa shape index (κ3) is 2.77. The standard InChI is InChI=1S/C19H21N3O/c20-13-15-11-18(16-5-1-2-6-17(16)22-15)21-14-7-10-23-19(12-14)8-3-4-9-19/h1-2,5-6,11,14H,3-4,7-10,12H2,(H,21,22). The molecule has 23 heavy (non-hydrogen) atoms. The van der Waals surface area contributed by atoms with Crippen LogP contribution in [0.4, 0.5) is 5.69 Å². The molecular formula is C19H21N3O. The highest BCUT2D eigenvalue weighted by atomic mass is 16.5. The summed E-state index contributed by atoms with van der Waals surface area (Å²) < 4.78 is 6.12. The number of nitrogens with one attached hydrogen (secondary N) is 1. The van der Waals surface area contributed by atoms with Crippen molar-refractivity contribution in [1.82, 2.24) is 4.98 Å². The number of fused-ring (bicyclic) bond motifs is 1. The molecule has 0 amide bonds. The first-order valence-electron chi connectivity index (χ1n) is 8.48. The monoisotopic (exact) mass is 307 g/mol. The fourth-order valence-corrected chi connectivity index (χ4v) is 4.09. The third-order valence-electron chi connectivity index (χ3n) is 5.20. The van der Waals surface area contributed by atoms with E-state index in [0.717, 1.165) is 36.0 Å². The minimum absolute atomic E-state index is 0.0941. The summed E-state index contributed by atoms with van der Waals surface area (Å²) in [5, 5.41) is 14.0. The van der Waals surface area contributed by atoms with Gasteiger partial charge in [0.25, 0.3) is 0 Å². The van der Waals surface area contributed by atoms with Crippen LogP contribution in [-0.4, -0.2) is 23.2 Å². The number of rotatable bonds is 2. The lowest BCUT2D eigenvalue weighted by molar-refractivity contribution is -0.0766. The summed E-state index contributed by atoms with van der Waals surface area (Å²) >= 11 is 0. The first-order chi connectivity index (χ1) is 11.3. The van der Waals surface area contributed by atoms with Gasteiger partial charge in [0.2, 0.25) is 0 Å². The van der Waals surface area contributed by atoms with Gasteiger partial charge in [-0.1, -0.05) is 31.0 Å². The summed E-state index contributed by atoms with van der Waals surface area (Å²) in [6, 6.07) is 12.5. The van der Waals surface area contributed by atoms with Crippen LogP contribution < -0.4 is 5.32 Å². The molecule has 1 N–H and O–H groups in total. The summed E-state index contributed by atoms with van der Waals surface area (Å²) in [5.41, 5.74) is 2.45. The molecule has 1 saturated heterocycles. The van der Waals surface area contributed by atoms with Crippen molar-refractivity contribution in [3.63, 3.8) is 0 Å². The van der Waals surface area contributed by atoms with Gasteiger partial charge in [-0.25, -0.2) is 4.98 Å². The van der Waals surface area contributed by atoms with E-state index in [1.165, 1.54) is 25.7 Å². The number of ether oxygens (including phenoxy) is 1. The fraction of sp³-hybridized carbons (Fsp3) is 0.474. The first-order valence-corrected chi connectivity index (χ1v) is 8.48. The number of aromatic nitrogens is 1. The lowest BCUT2D eigenvalue weighted by Gasteiger charge is -2.39. The molecule has 1 aliphatic carbocycles. The highest BCUT2D eigenvalue weighted by Crippen LogP contribution is 2.41. The largest absolute Gasteiger partial charge is 0.381 e. The molecule has 1 atom stereocenters. The van der Waals surface area contributed by atoms with Gasteiger partial charge in [0.05, 0.1) is 11.1 Å². The van der Waals surface area contributed by atoms with Crippen molar-refractivity contribution in [2.24, 2.45) is 0 Å². The topological polar surface area (TPSA) is 57.9 Å². The molecule has 1 aromatic carbocycles. The highest BCUT2D eigenvalue weighted by molar-refractivity contribution is 5.91. The first kappa shape index (κ1) is 14.5. The maximum atomic E-state index is 9.23. The van der Waals surface area contributed by atoms with Gasteiger partial charge >= 0.3 is 0 Å². The minimum atomic E-state index is 0.0941. The molecular weight excluding hydrogens is 286 g/mol. The second kappa shape index (κ2) is 5.82. The molecule has 4 nitrogen and oxygen atoms in total. The molecule has 1 aromatic heterocycles. The van der Waals surface area contributed by atoms with Crippen molar-refractivity contribution in [2.45, 2.75) is 50.2 Å². The highest BCUT2D eigenvalue weighted by Gasteiger charge is 2.39. The Labute approximate surface area is 136 Å². The van der Waals surface area contributed by atoms with Gasteiger partial charge in [-0.05, 0) is 37.8 Å². The molecule has 2 fully saturated rings. The van der Waals surface area contributed by atoms with Gasteiger partial charge in [0.15, 0.2) is 0 Å². The second-order valence-electron chi connectivity index (χ2n) is 6.76. The maximum Gasteiger partial charge on any atom is 0.143 e. The number of benzene rings is 1. The lowest BCUT2D eigenvalue weighted by Crippen LogP contribution is -2.42. The van der Waals surface area contributed by atoms with Crippen molar-refractivity contribution in [3.05, 3.63) is 36.0 Å². The summed E-state index contributed by atoms with van der Waals surface area (Å²) in [4.78, 5) is 4.39. The van der Waals surface area contributed by atoms with E-state index in [1.807, 2.05) is 24.3 Å². The van der Waals surface area contributed by atoms with Crippen molar-refractivity contribution in [1.29, 1.82) is 5.26 Å². The van der Waals surface area contributed by atoms with Gasteiger partial charge in [0.1, 0.15) is 11.8 Å². The maximum absolute atomic E-state index is 9.23. The minimum Gasteiger partial charge on any atom is -0.381 e. The Morgan fingerprint density at radius 2 is 2.09 bits per heavy atom. The van der Waals surface area contributed by atoms with Gasteiger partial charge in [-0.3, -0.25) is 0 Å².